The van der Waals surface area contributed by atoms with E-state index in [-0.39, 0.29) is 5.69 Å². The number of nitrogens with zero attached hydrogens (tertiary/aromatic N) is 5. The van der Waals surface area contributed by atoms with Crippen molar-refractivity contribution in [2.24, 2.45) is 0 Å². The van der Waals surface area contributed by atoms with Crippen molar-refractivity contribution in [3.63, 3.8) is 0 Å². The first-order chi connectivity index (χ1) is 13.7. The first-order valence-corrected chi connectivity index (χ1v) is 9.41. The summed E-state index contributed by atoms with van der Waals surface area (Å²) in [6.07, 6.45) is 5.06. The number of non-ortho nitro benzene ring substituents is 1. The van der Waals surface area contributed by atoms with Crippen LogP contribution in [0, 0.1) is 10.1 Å². The molecule has 8 nitrogen and oxygen atoms in total. The van der Waals surface area contributed by atoms with Crippen molar-refractivity contribution in [3.8, 4) is 11.4 Å². The minimum Gasteiger partial charge on any atom is -0.467 e. The number of aromatic nitrogens is 4. The van der Waals surface area contributed by atoms with Gasteiger partial charge in [-0.25, -0.2) is 0 Å². The van der Waals surface area contributed by atoms with Crippen LogP contribution < -0.4 is 0 Å². The number of nitro groups is 1. The first-order valence-electron chi connectivity index (χ1n) is 8.43. The number of nitro benzene ring substituents is 1. The van der Waals surface area contributed by atoms with E-state index in [1.165, 1.54) is 17.8 Å². The van der Waals surface area contributed by atoms with Crippen LogP contribution in [0.15, 0.2) is 76.8 Å². The number of benzene rings is 1. The SMILES string of the molecule is O=[N+]([O-])c1cccc(CSc2nnc(-c3cccnc3)n2Cc2ccco2)c1. The predicted octanol–water partition coefficient (Wildman–Crippen LogP) is 4.18. The lowest BCUT2D eigenvalue weighted by molar-refractivity contribution is -0.384. The Labute approximate surface area is 164 Å². The molecule has 3 heterocycles. The molecule has 0 radical (unpaired) electrons. The predicted molar refractivity (Wildman–Crippen MR) is 104 cm³/mol. The molecule has 0 atom stereocenters. The molecule has 0 bridgehead atoms. The zero-order valence-electron chi connectivity index (χ0n) is 14.6. The van der Waals surface area contributed by atoms with E-state index in [2.05, 4.69) is 15.2 Å². The van der Waals surface area contributed by atoms with Crippen LogP contribution >= 0.6 is 11.8 Å². The molecule has 4 rings (SSSR count). The fraction of sp³-hybridized carbons (Fsp3) is 0.105. The highest BCUT2D eigenvalue weighted by molar-refractivity contribution is 7.98. The summed E-state index contributed by atoms with van der Waals surface area (Å²) in [7, 11) is 0. The average Bonchev–Trinajstić information content (AvgIpc) is 3.38. The van der Waals surface area contributed by atoms with E-state index in [0.29, 0.717) is 23.3 Å². The largest absolute Gasteiger partial charge is 0.467 e. The third-order valence-corrected chi connectivity index (χ3v) is 5.06. The molecule has 0 saturated heterocycles. The van der Waals surface area contributed by atoms with Crippen LogP contribution in [-0.2, 0) is 12.3 Å². The van der Waals surface area contributed by atoms with Crippen LogP contribution in [0.5, 0.6) is 0 Å². The Bertz CT molecular complexity index is 1080. The van der Waals surface area contributed by atoms with Crippen molar-refractivity contribution in [1.29, 1.82) is 0 Å². The van der Waals surface area contributed by atoms with E-state index >= 15 is 0 Å². The van der Waals surface area contributed by atoms with E-state index < -0.39 is 4.92 Å². The van der Waals surface area contributed by atoms with Gasteiger partial charge < -0.3 is 4.42 Å². The van der Waals surface area contributed by atoms with E-state index in [1.54, 1.807) is 30.8 Å². The van der Waals surface area contributed by atoms with Crippen molar-refractivity contribution in [2.45, 2.75) is 17.5 Å². The monoisotopic (exact) mass is 393 g/mol. The lowest BCUT2D eigenvalue weighted by Gasteiger charge is -2.08. The Hall–Kier alpha value is -3.46. The van der Waals surface area contributed by atoms with E-state index in [1.807, 2.05) is 34.9 Å². The summed E-state index contributed by atoms with van der Waals surface area (Å²) in [5.74, 6) is 2.00. The molecule has 0 aliphatic heterocycles. The number of hydrogen-bond donors (Lipinski definition) is 0. The first kappa shape index (κ1) is 17.9. The maximum absolute atomic E-state index is 11.0. The number of pyridine rings is 1. The summed E-state index contributed by atoms with van der Waals surface area (Å²) in [5, 5.41) is 20.3. The summed E-state index contributed by atoms with van der Waals surface area (Å²) in [6, 6.07) is 14.1. The summed E-state index contributed by atoms with van der Waals surface area (Å²) < 4.78 is 7.44. The third-order valence-electron chi connectivity index (χ3n) is 4.02. The topological polar surface area (TPSA) is 99.9 Å². The average molecular weight is 393 g/mol. The highest BCUT2D eigenvalue weighted by Crippen LogP contribution is 2.28. The van der Waals surface area contributed by atoms with Crippen LogP contribution in [-0.4, -0.2) is 24.7 Å². The number of hydrogen-bond acceptors (Lipinski definition) is 7. The molecule has 0 N–H and O–H groups in total. The smallest absolute Gasteiger partial charge is 0.269 e. The second kappa shape index (κ2) is 8.05. The van der Waals surface area contributed by atoms with Gasteiger partial charge in [0.05, 0.1) is 17.7 Å². The Morgan fingerprint density at radius 1 is 1.14 bits per heavy atom. The van der Waals surface area contributed by atoms with Crippen LogP contribution in [0.2, 0.25) is 0 Å². The summed E-state index contributed by atoms with van der Waals surface area (Å²) >= 11 is 1.46. The van der Waals surface area contributed by atoms with Crippen molar-refractivity contribution < 1.29 is 9.34 Å². The van der Waals surface area contributed by atoms with E-state index in [4.69, 9.17) is 4.42 Å². The number of rotatable bonds is 7. The van der Waals surface area contributed by atoms with Gasteiger partial charge in [0.25, 0.3) is 5.69 Å². The van der Waals surface area contributed by atoms with Gasteiger partial charge in [0.1, 0.15) is 5.76 Å². The third kappa shape index (κ3) is 3.94. The quantitative estimate of drug-likeness (QED) is 0.264. The lowest BCUT2D eigenvalue weighted by atomic mass is 10.2. The second-order valence-corrected chi connectivity index (χ2v) is 6.87. The Morgan fingerprint density at radius 3 is 2.82 bits per heavy atom. The minimum atomic E-state index is -0.395. The van der Waals surface area contributed by atoms with Crippen molar-refractivity contribution >= 4 is 17.4 Å². The second-order valence-electron chi connectivity index (χ2n) is 5.93. The molecule has 0 saturated carbocycles. The summed E-state index contributed by atoms with van der Waals surface area (Å²) in [4.78, 5) is 14.7. The molecule has 0 unspecified atom stereocenters. The molecular formula is C19H15N5O3S. The van der Waals surface area contributed by atoms with Gasteiger partial charge in [-0.15, -0.1) is 10.2 Å². The molecule has 28 heavy (non-hydrogen) atoms. The van der Waals surface area contributed by atoms with Crippen LogP contribution in [0.4, 0.5) is 5.69 Å². The van der Waals surface area contributed by atoms with Crippen molar-refractivity contribution in [3.05, 3.63) is 88.6 Å². The molecule has 0 spiro atoms. The number of thioether (sulfide) groups is 1. The number of furan rings is 1. The minimum absolute atomic E-state index is 0.0752. The van der Waals surface area contributed by atoms with Gasteiger partial charge in [-0.1, -0.05) is 23.9 Å². The Kier molecular flexibility index (Phi) is 5.16. The van der Waals surface area contributed by atoms with Gasteiger partial charge in [0, 0.05) is 35.8 Å². The van der Waals surface area contributed by atoms with E-state index in [0.717, 1.165) is 16.9 Å². The van der Waals surface area contributed by atoms with Gasteiger partial charge in [-0.05, 0) is 29.8 Å². The Morgan fingerprint density at radius 2 is 2.07 bits per heavy atom. The molecule has 1 aromatic carbocycles. The molecule has 4 aromatic rings. The molecule has 0 aliphatic carbocycles. The summed E-state index contributed by atoms with van der Waals surface area (Å²) in [5.41, 5.74) is 1.77. The molecule has 0 fully saturated rings. The van der Waals surface area contributed by atoms with Gasteiger partial charge >= 0.3 is 0 Å². The van der Waals surface area contributed by atoms with Gasteiger partial charge in [0.2, 0.25) is 0 Å². The van der Waals surface area contributed by atoms with Crippen LogP contribution in [0.25, 0.3) is 11.4 Å². The zero-order valence-corrected chi connectivity index (χ0v) is 15.5. The highest BCUT2D eigenvalue weighted by Gasteiger charge is 2.16. The van der Waals surface area contributed by atoms with Crippen LogP contribution in [0.1, 0.15) is 11.3 Å². The summed E-state index contributed by atoms with van der Waals surface area (Å²) in [6.45, 7) is 0.474. The van der Waals surface area contributed by atoms with E-state index in [9.17, 15) is 10.1 Å². The molecular weight excluding hydrogens is 378 g/mol. The molecule has 0 amide bonds. The maximum Gasteiger partial charge on any atom is 0.269 e. The van der Waals surface area contributed by atoms with Crippen molar-refractivity contribution in [2.75, 3.05) is 0 Å². The lowest BCUT2D eigenvalue weighted by Crippen LogP contribution is -2.03. The standard InChI is InChI=1S/C19H15N5O3S/c25-24(26)16-6-1-4-14(10-16)13-28-19-22-21-18(15-5-2-8-20-11-15)23(19)12-17-7-3-9-27-17/h1-11H,12-13H2. The van der Waals surface area contributed by atoms with Crippen LogP contribution in [0.3, 0.4) is 0 Å². The molecule has 140 valence electrons. The maximum atomic E-state index is 11.0. The zero-order chi connectivity index (χ0) is 19.3. The van der Waals surface area contributed by atoms with Crippen molar-refractivity contribution in [1.82, 2.24) is 19.7 Å². The molecule has 0 aliphatic rings. The normalized spacial score (nSPS) is 10.9. The molecule has 3 aromatic heterocycles. The highest BCUT2D eigenvalue weighted by atomic mass is 32.2. The van der Waals surface area contributed by atoms with Gasteiger partial charge in [-0.3, -0.25) is 19.7 Å². The fourth-order valence-electron chi connectivity index (χ4n) is 2.71. The molecule has 9 heteroatoms. The van der Waals surface area contributed by atoms with Gasteiger partial charge in [0.15, 0.2) is 11.0 Å². The fourth-order valence-corrected chi connectivity index (χ4v) is 3.59. The van der Waals surface area contributed by atoms with Gasteiger partial charge in [-0.2, -0.15) is 0 Å². The Balaban J connectivity index is 1.62.